The summed E-state index contributed by atoms with van der Waals surface area (Å²) in [6, 6.07) is 5.02. The number of rotatable bonds is 6. The van der Waals surface area contributed by atoms with E-state index in [2.05, 4.69) is 15.6 Å². The average Bonchev–Trinajstić information content (AvgIpc) is 2.27. The number of hydrogen-bond acceptors (Lipinski definition) is 4. The normalized spacial score (nSPS) is 10.3. The molecule has 1 aromatic rings. The lowest BCUT2D eigenvalue weighted by atomic mass is 10.4. The lowest BCUT2D eigenvalue weighted by Crippen LogP contribution is -2.36. The van der Waals surface area contributed by atoms with E-state index in [1.807, 2.05) is 0 Å². The molecular formula is C12H17ClN4O2. The molecule has 1 rings (SSSR count). The number of aromatic nitrogens is 1. The summed E-state index contributed by atoms with van der Waals surface area (Å²) in [5.41, 5.74) is 0. The lowest BCUT2D eigenvalue weighted by Gasteiger charge is -2.16. The Hall–Kier alpha value is -1.66. The van der Waals surface area contributed by atoms with Gasteiger partial charge >= 0.3 is 0 Å². The van der Waals surface area contributed by atoms with Crippen LogP contribution in [0.1, 0.15) is 6.92 Å². The Balaban J connectivity index is 2.32. The van der Waals surface area contributed by atoms with Crippen LogP contribution in [0.15, 0.2) is 18.2 Å². The first-order valence-corrected chi connectivity index (χ1v) is 6.20. The predicted molar refractivity (Wildman–Crippen MR) is 74.1 cm³/mol. The maximum Gasteiger partial charge on any atom is 0.239 e. The van der Waals surface area contributed by atoms with Crippen LogP contribution < -0.4 is 10.6 Å². The van der Waals surface area contributed by atoms with E-state index in [0.29, 0.717) is 24.1 Å². The minimum Gasteiger partial charge on any atom is -0.355 e. The molecule has 0 saturated carbocycles. The Bertz CT molecular complexity index is 453. The highest BCUT2D eigenvalue weighted by Crippen LogP contribution is 2.08. The van der Waals surface area contributed by atoms with Crippen LogP contribution in [0.3, 0.4) is 0 Å². The average molecular weight is 285 g/mol. The van der Waals surface area contributed by atoms with Crippen molar-refractivity contribution in [2.45, 2.75) is 6.92 Å². The molecule has 19 heavy (non-hydrogen) atoms. The summed E-state index contributed by atoms with van der Waals surface area (Å²) in [6.07, 6.45) is 0. The van der Waals surface area contributed by atoms with Crippen LogP contribution in [0.5, 0.6) is 0 Å². The first kappa shape index (κ1) is 15.4. The number of carbonyl (C=O) groups excluding carboxylic acids is 2. The minimum absolute atomic E-state index is 0.0824. The second kappa shape index (κ2) is 7.70. The van der Waals surface area contributed by atoms with Gasteiger partial charge in [-0.3, -0.25) is 14.5 Å². The number of amides is 2. The molecule has 2 amide bonds. The smallest absolute Gasteiger partial charge is 0.239 e. The topological polar surface area (TPSA) is 74.3 Å². The summed E-state index contributed by atoms with van der Waals surface area (Å²) in [5, 5.41) is 5.64. The fourth-order valence-corrected chi connectivity index (χ4v) is 1.57. The molecule has 0 aliphatic rings. The molecule has 0 saturated heterocycles. The van der Waals surface area contributed by atoms with Crippen LogP contribution in [-0.2, 0) is 9.59 Å². The molecule has 0 spiro atoms. The molecule has 0 aliphatic carbocycles. The van der Waals surface area contributed by atoms with Crippen molar-refractivity contribution in [2.75, 3.05) is 32.0 Å². The fraction of sp³-hybridized carbons (Fsp3) is 0.417. The number of hydrogen-bond donors (Lipinski definition) is 2. The monoisotopic (exact) mass is 284 g/mol. The number of nitrogens with one attached hydrogen (secondary N) is 2. The summed E-state index contributed by atoms with van der Waals surface area (Å²) in [7, 11) is 1.80. The summed E-state index contributed by atoms with van der Waals surface area (Å²) in [5.74, 6) is 0.161. The third kappa shape index (κ3) is 6.73. The Morgan fingerprint density at radius 3 is 2.79 bits per heavy atom. The van der Waals surface area contributed by atoms with Gasteiger partial charge < -0.3 is 10.6 Å². The molecule has 0 aliphatic heterocycles. The van der Waals surface area contributed by atoms with E-state index in [0.717, 1.165) is 0 Å². The molecule has 7 heteroatoms. The van der Waals surface area contributed by atoms with E-state index >= 15 is 0 Å². The van der Waals surface area contributed by atoms with Crippen molar-refractivity contribution in [3.8, 4) is 0 Å². The number of anilines is 1. The third-order valence-electron chi connectivity index (χ3n) is 2.26. The summed E-state index contributed by atoms with van der Waals surface area (Å²) in [6.45, 7) is 2.77. The van der Waals surface area contributed by atoms with Gasteiger partial charge in [-0.1, -0.05) is 17.7 Å². The van der Waals surface area contributed by atoms with Crippen LogP contribution in [0.4, 0.5) is 5.82 Å². The maximum absolute atomic E-state index is 11.7. The van der Waals surface area contributed by atoms with Gasteiger partial charge in [0, 0.05) is 20.0 Å². The highest BCUT2D eigenvalue weighted by atomic mass is 35.5. The Kier molecular flexibility index (Phi) is 6.24. The second-order valence-corrected chi connectivity index (χ2v) is 4.50. The highest BCUT2D eigenvalue weighted by molar-refractivity contribution is 6.29. The standard InChI is InChI=1S/C12H17ClN4O2/c1-9(18)14-6-7-17(2)8-12(19)16-11-5-3-4-10(13)15-11/h3-5H,6-8H2,1-2H3,(H,14,18)(H,15,16,19). The maximum atomic E-state index is 11.7. The van der Waals surface area contributed by atoms with E-state index in [-0.39, 0.29) is 18.4 Å². The van der Waals surface area contributed by atoms with Crippen LogP contribution in [0.25, 0.3) is 0 Å². The van der Waals surface area contributed by atoms with E-state index < -0.39 is 0 Å². The highest BCUT2D eigenvalue weighted by Gasteiger charge is 2.07. The zero-order chi connectivity index (χ0) is 14.3. The number of likely N-dealkylation sites (N-methyl/N-ethyl adjacent to an activating group) is 1. The molecule has 6 nitrogen and oxygen atoms in total. The molecule has 0 aromatic carbocycles. The van der Waals surface area contributed by atoms with Gasteiger partial charge in [-0.15, -0.1) is 0 Å². The van der Waals surface area contributed by atoms with Gasteiger partial charge in [-0.05, 0) is 19.2 Å². The summed E-state index contributed by atoms with van der Waals surface area (Å²) < 4.78 is 0. The van der Waals surface area contributed by atoms with Gasteiger partial charge in [0.25, 0.3) is 0 Å². The van der Waals surface area contributed by atoms with Gasteiger partial charge in [0.05, 0.1) is 6.54 Å². The van der Waals surface area contributed by atoms with Crippen molar-refractivity contribution >= 4 is 29.2 Å². The molecule has 2 N–H and O–H groups in total. The van der Waals surface area contributed by atoms with Crippen LogP contribution in [-0.4, -0.2) is 48.4 Å². The Morgan fingerprint density at radius 1 is 1.42 bits per heavy atom. The van der Waals surface area contributed by atoms with Crippen molar-refractivity contribution in [3.63, 3.8) is 0 Å². The Labute approximate surface area is 117 Å². The molecule has 0 unspecified atom stereocenters. The molecule has 1 aromatic heterocycles. The second-order valence-electron chi connectivity index (χ2n) is 4.11. The van der Waals surface area contributed by atoms with Gasteiger partial charge in [-0.2, -0.15) is 0 Å². The SMILES string of the molecule is CC(=O)NCCN(C)CC(=O)Nc1cccc(Cl)n1. The third-order valence-corrected chi connectivity index (χ3v) is 2.47. The quantitative estimate of drug-likeness (QED) is 0.756. The van der Waals surface area contributed by atoms with Crippen molar-refractivity contribution in [2.24, 2.45) is 0 Å². The van der Waals surface area contributed by atoms with Crippen molar-refractivity contribution in [3.05, 3.63) is 23.4 Å². The molecule has 0 atom stereocenters. The first-order valence-electron chi connectivity index (χ1n) is 5.83. The molecule has 104 valence electrons. The van der Waals surface area contributed by atoms with Crippen molar-refractivity contribution in [1.82, 2.24) is 15.2 Å². The van der Waals surface area contributed by atoms with Gasteiger partial charge in [0.2, 0.25) is 11.8 Å². The van der Waals surface area contributed by atoms with E-state index in [1.54, 1.807) is 30.1 Å². The molecular weight excluding hydrogens is 268 g/mol. The van der Waals surface area contributed by atoms with Crippen molar-refractivity contribution < 1.29 is 9.59 Å². The molecule has 1 heterocycles. The summed E-state index contributed by atoms with van der Waals surface area (Å²) >= 11 is 5.72. The van der Waals surface area contributed by atoms with Gasteiger partial charge in [0.15, 0.2) is 0 Å². The van der Waals surface area contributed by atoms with Gasteiger partial charge in [0.1, 0.15) is 11.0 Å². The number of halogens is 1. The Morgan fingerprint density at radius 2 is 2.16 bits per heavy atom. The summed E-state index contributed by atoms with van der Waals surface area (Å²) in [4.78, 5) is 28.2. The molecule has 0 fully saturated rings. The number of nitrogens with zero attached hydrogens (tertiary/aromatic N) is 2. The first-order chi connectivity index (χ1) is 8.97. The number of carbonyl (C=O) groups is 2. The van der Waals surface area contributed by atoms with Crippen LogP contribution in [0.2, 0.25) is 5.15 Å². The van der Waals surface area contributed by atoms with Gasteiger partial charge in [-0.25, -0.2) is 4.98 Å². The van der Waals surface area contributed by atoms with Crippen LogP contribution in [0, 0.1) is 0 Å². The minimum atomic E-state index is -0.180. The number of pyridine rings is 1. The largest absolute Gasteiger partial charge is 0.355 e. The van der Waals surface area contributed by atoms with E-state index in [1.165, 1.54) is 6.92 Å². The lowest BCUT2D eigenvalue weighted by molar-refractivity contribution is -0.118. The fourth-order valence-electron chi connectivity index (χ4n) is 1.41. The van der Waals surface area contributed by atoms with Crippen molar-refractivity contribution in [1.29, 1.82) is 0 Å². The van der Waals surface area contributed by atoms with Crippen LogP contribution >= 0.6 is 11.6 Å². The van der Waals surface area contributed by atoms with E-state index in [9.17, 15) is 9.59 Å². The predicted octanol–water partition coefficient (Wildman–Crippen LogP) is 0.741. The zero-order valence-electron chi connectivity index (χ0n) is 10.9. The van der Waals surface area contributed by atoms with E-state index in [4.69, 9.17) is 11.6 Å². The molecule has 0 radical (unpaired) electrons. The molecule has 0 bridgehead atoms. The zero-order valence-corrected chi connectivity index (χ0v) is 11.7.